The van der Waals surface area contributed by atoms with E-state index in [2.05, 4.69) is 36.0 Å². The van der Waals surface area contributed by atoms with Crippen molar-refractivity contribution < 1.29 is 8.42 Å². The van der Waals surface area contributed by atoms with Crippen molar-refractivity contribution in [3.05, 3.63) is 33.2 Å². The van der Waals surface area contributed by atoms with Gasteiger partial charge >= 0.3 is 0 Å². The van der Waals surface area contributed by atoms with Crippen molar-refractivity contribution in [2.45, 2.75) is 11.4 Å². The largest absolute Gasteiger partial charge is 0.292 e. The number of nitrogens with two attached hydrogens (primary N) is 1. The maximum atomic E-state index is 12.0. The number of nitrogen functional groups attached to an aromatic ring is 1. The zero-order valence-electron chi connectivity index (χ0n) is 9.50. The Morgan fingerprint density at radius 3 is 2.58 bits per heavy atom. The fourth-order valence-electron chi connectivity index (χ4n) is 1.23. The number of hydrogen-bond acceptors (Lipinski definition) is 7. The Morgan fingerprint density at radius 1 is 1.37 bits per heavy atom. The van der Waals surface area contributed by atoms with Crippen molar-refractivity contribution in [3.8, 4) is 0 Å². The third-order valence-electron chi connectivity index (χ3n) is 2.13. The molecule has 0 radical (unpaired) electrons. The molecule has 0 saturated heterocycles. The summed E-state index contributed by atoms with van der Waals surface area (Å²) in [5.41, 5.74) is 2.23. The van der Waals surface area contributed by atoms with Crippen LogP contribution in [0.4, 0.5) is 5.95 Å². The molecule has 2 aromatic rings. The van der Waals surface area contributed by atoms with Gasteiger partial charge in [-0.15, -0.1) is 11.3 Å². The van der Waals surface area contributed by atoms with Crippen LogP contribution in [-0.4, -0.2) is 18.4 Å². The lowest BCUT2D eigenvalue weighted by Crippen LogP contribution is -2.23. The molecule has 0 atom stereocenters. The highest BCUT2D eigenvalue weighted by Crippen LogP contribution is 2.20. The quantitative estimate of drug-likeness (QED) is 0.541. The molecule has 2 aromatic heterocycles. The summed E-state index contributed by atoms with van der Waals surface area (Å²) in [5.74, 6) is 5.26. The van der Waals surface area contributed by atoms with Gasteiger partial charge in [0.1, 0.15) is 4.90 Å². The summed E-state index contributed by atoms with van der Waals surface area (Å²) >= 11 is 4.77. The summed E-state index contributed by atoms with van der Waals surface area (Å²) in [7, 11) is -3.63. The average molecular weight is 364 g/mol. The van der Waals surface area contributed by atoms with E-state index < -0.39 is 10.0 Å². The molecule has 4 N–H and O–H groups in total. The summed E-state index contributed by atoms with van der Waals surface area (Å²) in [6, 6.07) is 1.85. The summed E-state index contributed by atoms with van der Waals surface area (Å²) < 4.78 is 27.3. The summed E-state index contributed by atoms with van der Waals surface area (Å²) in [6.45, 7) is 0.218. The number of hydrazine groups is 1. The van der Waals surface area contributed by atoms with Crippen molar-refractivity contribution in [2.24, 2.45) is 5.84 Å². The second-order valence-electron chi connectivity index (χ2n) is 3.44. The highest BCUT2D eigenvalue weighted by molar-refractivity contribution is 9.10. The molecule has 19 heavy (non-hydrogen) atoms. The van der Waals surface area contributed by atoms with Crippen LogP contribution in [0.25, 0.3) is 0 Å². The third kappa shape index (κ3) is 3.70. The van der Waals surface area contributed by atoms with Crippen LogP contribution in [0, 0.1) is 0 Å². The van der Waals surface area contributed by atoms with Crippen LogP contribution in [-0.2, 0) is 16.6 Å². The van der Waals surface area contributed by atoms with E-state index in [-0.39, 0.29) is 17.4 Å². The highest BCUT2D eigenvalue weighted by Gasteiger charge is 2.15. The predicted octanol–water partition coefficient (Wildman–Crippen LogP) is 1.06. The van der Waals surface area contributed by atoms with Gasteiger partial charge in [0.25, 0.3) is 0 Å². The molecule has 0 amide bonds. The van der Waals surface area contributed by atoms with Gasteiger partial charge in [-0.3, -0.25) is 5.43 Å². The Labute approximate surface area is 122 Å². The first-order valence-corrected chi connectivity index (χ1v) is 8.18. The first-order chi connectivity index (χ1) is 9.01. The lowest BCUT2D eigenvalue weighted by molar-refractivity contribution is 0.581. The van der Waals surface area contributed by atoms with Gasteiger partial charge in [-0.1, -0.05) is 0 Å². The SMILES string of the molecule is NNc1ncc(S(=O)(=O)NCc2cc(Br)cs2)cn1. The lowest BCUT2D eigenvalue weighted by atomic mass is 10.5. The zero-order valence-corrected chi connectivity index (χ0v) is 12.7. The van der Waals surface area contributed by atoms with E-state index in [0.29, 0.717) is 0 Å². The average Bonchev–Trinajstić information content (AvgIpc) is 2.82. The van der Waals surface area contributed by atoms with Crippen LogP contribution in [0.1, 0.15) is 4.88 Å². The van der Waals surface area contributed by atoms with Gasteiger partial charge in [0, 0.05) is 21.3 Å². The molecule has 2 rings (SSSR count). The minimum Gasteiger partial charge on any atom is -0.292 e. The van der Waals surface area contributed by atoms with E-state index in [1.165, 1.54) is 23.7 Å². The number of hydrogen-bond donors (Lipinski definition) is 3. The van der Waals surface area contributed by atoms with Gasteiger partial charge in [-0.25, -0.2) is 29.0 Å². The zero-order chi connectivity index (χ0) is 13.9. The first-order valence-electron chi connectivity index (χ1n) is 5.02. The van der Waals surface area contributed by atoms with Crippen LogP contribution < -0.4 is 16.0 Å². The van der Waals surface area contributed by atoms with Gasteiger partial charge < -0.3 is 0 Å². The van der Waals surface area contributed by atoms with Gasteiger partial charge in [0.05, 0.1) is 12.4 Å². The third-order valence-corrected chi connectivity index (χ3v) is 5.18. The maximum Gasteiger partial charge on any atom is 0.243 e. The molecule has 0 aliphatic rings. The topological polar surface area (TPSA) is 110 Å². The summed E-state index contributed by atoms with van der Waals surface area (Å²) in [5, 5.41) is 1.88. The van der Waals surface area contributed by atoms with Crippen LogP contribution in [0.2, 0.25) is 0 Å². The van der Waals surface area contributed by atoms with Gasteiger partial charge in [0.2, 0.25) is 16.0 Å². The van der Waals surface area contributed by atoms with E-state index >= 15 is 0 Å². The molecule has 0 bridgehead atoms. The molecule has 0 saturated carbocycles. The monoisotopic (exact) mass is 363 g/mol. The molecule has 0 aromatic carbocycles. The summed E-state index contributed by atoms with van der Waals surface area (Å²) in [6.07, 6.45) is 2.38. The molecule has 0 aliphatic heterocycles. The Bertz CT molecular complexity index is 656. The number of sulfonamides is 1. The van der Waals surface area contributed by atoms with Gasteiger partial charge in [-0.2, -0.15) is 0 Å². The number of rotatable bonds is 5. The van der Waals surface area contributed by atoms with Crippen molar-refractivity contribution in [2.75, 3.05) is 5.43 Å². The number of anilines is 1. The van der Waals surface area contributed by atoms with Crippen molar-refractivity contribution in [1.29, 1.82) is 0 Å². The van der Waals surface area contributed by atoms with E-state index in [1.807, 2.05) is 11.4 Å². The molecule has 10 heteroatoms. The Balaban J connectivity index is 2.09. The second-order valence-corrected chi connectivity index (χ2v) is 7.12. The molecule has 0 aliphatic carbocycles. The minimum atomic E-state index is -3.63. The second kappa shape index (κ2) is 5.92. The van der Waals surface area contributed by atoms with Crippen LogP contribution >= 0.6 is 27.3 Å². The van der Waals surface area contributed by atoms with Gasteiger partial charge in [0.15, 0.2) is 0 Å². The Morgan fingerprint density at radius 2 is 2.05 bits per heavy atom. The number of aromatic nitrogens is 2. The first kappa shape index (κ1) is 14.3. The molecule has 2 heterocycles. The van der Waals surface area contributed by atoms with Crippen molar-refractivity contribution in [3.63, 3.8) is 0 Å². The van der Waals surface area contributed by atoms with Crippen LogP contribution in [0.3, 0.4) is 0 Å². The molecular formula is C9H10BrN5O2S2. The van der Waals surface area contributed by atoms with E-state index in [1.54, 1.807) is 0 Å². The fourth-order valence-corrected chi connectivity index (χ4v) is 3.60. The van der Waals surface area contributed by atoms with Crippen molar-refractivity contribution in [1.82, 2.24) is 14.7 Å². The van der Waals surface area contributed by atoms with Gasteiger partial charge in [-0.05, 0) is 22.0 Å². The van der Waals surface area contributed by atoms with E-state index in [0.717, 1.165) is 9.35 Å². The summed E-state index contributed by atoms with van der Waals surface area (Å²) in [4.78, 5) is 8.39. The van der Waals surface area contributed by atoms with Crippen LogP contribution in [0.5, 0.6) is 0 Å². The number of nitrogens with zero attached hydrogens (tertiary/aromatic N) is 2. The van der Waals surface area contributed by atoms with Crippen LogP contribution in [0.15, 0.2) is 33.2 Å². The normalized spacial score (nSPS) is 11.5. The molecule has 0 unspecified atom stereocenters. The Kier molecular flexibility index (Phi) is 4.47. The highest BCUT2D eigenvalue weighted by atomic mass is 79.9. The predicted molar refractivity (Wildman–Crippen MR) is 75.9 cm³/mol. The number of thiophene rings is 1. The lowest BCUT2D eigenvalue weighted by Gasteiger charge is -2.05. The standard InChI is InChI=1S/C9H10BrN5O2S2/c10-6-1-7(18-5-6)2-14-19(16,17)8-3-12-9(15-11)13-4-8/h1,3-5,14H,2,11H2,(H,12,13,15). The maximum absolute atomic E-state index is 12.0. The number of nitrogens with one attached hydrogen (secondary N) is 2. The number of halogens is 1. The molecule has 0 fully saturated rings. The van der Waals surface area contributed by atoms with E-state index in [9.17, 15) is 8.42 Å². The molecule has 102 valence electrons. The molecule has 7 nitrogen and oxygen atoms in total. The Hall–Kier alpha value is -1.07. The molecule has 0 spiro atoms. The van der Waals surface area contributed by atoms with Crippen molar-refractivity contribution >= 4 is 43.2 Å². The minimum absolute atomic E-state index is 0.0119. The molecular weight excluding hydrogens is 354 g/mol. The smallest absolute Gasteiger partial charge is 0.243 e. The fraction of sp³-hybridized carbons (Fsp3) is 0.111. The van der Waals surface area contributed by atoms with E-state index in [4.69, 9.17) is 5.84 Å².